The summed E-state index contributed by atoms with van der Waals surface area (Å²) in [5.74, 6) is 0.576. The molecule has 2 rings (SSSR count). The van der Waals surface area contributed by atoms with E-state index in [2.05, 4.69) is 11.8 Å². The molecule has 2 N–H and O–H groups in total. The molecule has 0 spiro atoms. The number of nitrogens with two attached hydrogens (primary N) is 1. The van der Waals surface area contributed by atoms with Crippen molar-refractivity contribution < 1.29 is 13.2 Å². The van der Waals surface area contributed by atoms with Crippen LogP contribution in [0.25, 0.3) is 0 Å². The van der Waals surface area contributed by atoms with Crippen molar-refractivity contribution in [1.82, 2.24) is 0 Å². The first-order valence-corrected chi connectivity index (χ1v) is 7.10. The Morgan fingerprint density at radius 2 is 2.10 bits per heavy atom. The number of benzene rings is 1. The molecule has 0 aliphatic carbocycles. The Morgan fingerprint density at radius 3 is 2.70 bits per heavy atom. The molecule has 1 unspecified atom stereocenters. The van der Waals surface area contributed by atoms with E-state index in [9.17, 15) is 13.2 Å². The summed E-state index contributed by atoms with van der Waals surface area (Å²) in [6.45, 7) is 3.71. The molecular formula is C15H21F3N2. The normalized spacial score (nSPS) is 20.2. The zero-order valence-electron chi connectivity index (χ0n) is 11.7. The smallest absolute Gasteiger partial charge is 0.371 e. The number of nitrogens with zero attached hydrogens (tertiary/aromatic N) is 1. The molecule has 0 radical (unpaired) electrons. The first kappa shape index (κ1) is 15.2. The molecule has 0 saturated carbocycles. The summed E-state index contributed by atoms with van der Waals surface area (Å²) in [5.41, 5.74) is 5.62. The van der Waals surface area contributed by atoms with Gasteiger partial charge in [-0.15, -0.1) is 0 Å². The SMILES string of the molecule is CCC1CCCN(c2ccc(CN)c(C(F)(F)F)c2)C1. The number of halogens is 3. The fourth-order valence-electron chi connectivity index (χ4n) is 2.84. The molecule has 1 aromatic rings. The second-order valence-corrected chi connectivity index (χ2v) is 5.41. The van der Waals surface area contributed by atoms with Crippen LogP contribution in [0.5, 0.6) is 0 Å². The summed E-state index contributed by atoms with van der Waals surface area (Å²) in [6, 6.07) is 4.52. The van der Waals surface area contributed by atoms with Crippen molar-refractivity contribution >= 4 is 5.69 Å². The second kappa shape index (κ2) is 6.04. The van der Waals surface area contributed by atoms with Gasteiger partial charge in [0, 0.05) is 25.3 Å². The van der Waals surface area contributed by atoms with Gasteiger partial charge in [0.2, 0.25) is 0 Å². The van der Waals surface area contributed by atoms with Crippen LogP contribution in [0.3, 0.4) is 0 Å². The molecule has 1 heterocycles. The van der Waals surface area contributed by atoms with Gasteiger partial charge in [0.25, 0.3) is 0 Å². The fraction of sp³-hybridized carbons (Fsp3) is 0.600. The maximum Gasteiger partial charge on any atom is 0.416 e. The van der Waals surface area contributed by atoms with Crippen LogP contribution >= 0.6 is 0 Å². The Labute approximate surface area is 117 Å². The molecule has 1 aliphatic heterocycles. The van der Waals surface area contributed by atoms with Gasteiger partial charge in [0.05, 0.1) is 5.56 Å². The molecule has 2 nitrogen and oxygen atoms in total. The monoisotopic (exact) mass is 286 g/mol. The molecule has 1 aliphatic rings. The van der Waals surface area contributed by atoms with Crippen LogP contribution in [0.4, 0.5) is 18.9 Å². The minimum Gasteiger partial charge on any atom is -0.371 e. The van der Waals surface area contributed by atoms with Crippen LogP contribution in [0.15, 0.2) is 18.2 Å². The molecule has 1 aromatic carbocycles. The molecule has 112 valence electrons. The van der Waals surface area contributed by atoms with Gasteiger partial charge in [0.1, 0.15) is 0 Å². The van der Waals surface area contributed by atoms with Gasteiger partial charge < -0.3 is 10.6 Å². The largest absolute Gasteiger partial charge is 0.416 e. The van der Waals surface area contributed by atoms with Gasteiger partial charge in [-0.1, -0.05) is 19.4 Å². The second-order valence-electron chi connectivity index (χ2n) is 5.41. The lowest BCUT2D eigenvalue weighted by Gasteiger charge is -2.34. The van der Waals surface area contributed by atoms with Crippen molar-refractivity contribution in [3.8, 4) is 0 Å². The summed E-state index contributed by atoms with van der Waals surface area (Å²) in [5, 5.41) is 0. The highest BCUT2D eigenvalue weighted by molar-refractivity contribution is 5.52. The van der Waals surface area contributed by atoms with Crippen molar-refractivity contribution in [3.05, 3.63) is 29.3 Å². The number of anilines is 1. The maximum absolute atomic E-state index is 13.1. The van der Waals surface area contributed by atoms with E-state index in [4.69, 9.17) is 5.73 Å². The van der Waals surface area contributed by atoms with Crippen LogP contribution in [0.2, 0.25) is 0 Å². The highest BCUT2D eigenvalue weighted by Crippen LogP contribution is 2.35. The van der Waals surface area contributed by atoms with Crippen LogP contribution in [-0.4, -0.2) is 13.1 Å². The third-order valence-electron chi connectivity index (χ3n) is 4.08. The van der Waals surface area contributed by atoms with E-state index in [1.165, 1.54) is 18.6 Å². The number of hydrogen-bond donors (Lipinski definition) is 1. The van der Waals surface area contributed by atoms with E-state index in [1.54, 1.807) is 6.07 Å². The first-order chi connectivity index (χ1) is 9.45. The molecule has 1 fully saturated rings. The van der Waals surface area contributed by atoms with Gasteiger partial charge in [0.15, 0.2) is 0 Å². The number of alkyl halides is 3. The lowest BCUT2D eigenvalue weighted by atomic mass is 9.95. The van der Waals surface area contributed by atoms with Crippen molar-refractivity contribution in [1.29, 1.82) is 0 Å². The third-order valence-corrected chi connectivity index (χ3v) is 4.08. The first-order valence-electron chi connectivity index (χ1n) is 7.10. The van der Waals surface area contributed by atoms with Crippen LogP contribution in [0.1, 0.15) is 37.3 Å². The third kappa shape index (κ3) is 3.26. The maximum atomic E-state index is 13.1. The molecule has 5 heteroatoms. The van der Waals surface area contributed by atoms with Crippen molar-refractivity contribution in [2.75, 3.05) is 18.0 Å². The standard InChI is InChI=1S/C15H21F3N2/c1-2-11-4-3-7-20(10-11)13-6-5-12(9-19)14(8-13)15(16,17)18/h5-6,8,11H,2-4,7,9-10,19H2,1H3. The molecule has 1 saturated heterocycles. The van der Waals surface area contributed by atoms with Crippen LogP contribution in [0, 0.1) is 5.92 Å². The molecular weight excluding hydrogens is 265 g/mol. The Morgan fingerprint density at radius 1 is 1.35 bits per heavy atom. The lowest BCUT2D eigenvalue weighted by molar-refractivity contribution is -0.138. The zero-order valence-corrected chi connectivity index (χ0v) is 11.7. The fourth-order valence-corrected chi connectivity index (χ4v) is 2.84. The van der Waals surface area contributed by atoms with Crippen LogP contribution < -0.4 is 10.6 Å². The van der Waals surface area contributed by atoms with Gasteiger partial charge in [-0.05, 0) is 36.5 Å². The summed E-state index contributed by atoms with van der Waals surface area (Å²) in [4.78, 5) is 2.06. The Hall–Kier alpha value is -1.23. The molecule has 1 atom stereocenters. The van der Waals surface area contributed by atoms with E-state index in [1.807, 2.05) is 0 Å². The van der Waals surface area contributed by atoms with Crippen molar-refractivity contribution in [3.63, 3.8) is 0 Å². The quantitative estimate of drug-likeness (QED) is 0.916. The summed E-state index contributed by atoms with van der Waals surface area (Å²) >= 11 is 0. The Balaban J connectivity index is 2.29. The van der Waals surface area contributed by atoms with Crippen LogP contribution in [-0.2, 0) is 12.7 Å². The highest BCUT2D eigenvalue weighted by atomic mass is 19.4. The number of piperidine rings is 1. The number of rotatable bonds is 3. The Bertz CT molecular complexity index is 457. The van der Waals surface area contributed by atoms with Gasteiger partial charge in [-0.3, -0.25) is 0 Å². The average Bonchev–Trinajstić information content (AvgIpc) is 2.45. The topological polar surface area (TPSA) is 29.3 Å². The molecule has 0 aromatic heterocycles. The molecule has 0 amide bonds. The van der Waals surface area contributed by atoms with Gasteiger partial charge >= 0.3 is 6.18 Å². The number of hydrogen-bond acceptors (Lipinski definition) is 2. The van der Waals surface area contributed by atoms with E-state index >= 15 is 0 Å². The summed E-state index contributed by atoms with van der Waals surface area (Å²) in [6.07, 6.45) is -1.06. The molecule has 20 heavy (non-hydrogen) atoms. The van der Waals surface area contributed by atoms with Crippen molar-refractivity contribution in [2.24, 2.45) is 11.7 Å². The highest BCUT2D eigenvalue weighted by Gasteiger charge is 2.33. The van der Waals surface area contributed by atoms with E-state index in [0.29, 0.717) is 11.6 Å². The van der Waals surface area contributed by atoms with E-state index < -0.39 is 11.7 Å². The minimum atomic E-state index is -4.34. The predicted molar refractivity (Wildman–Crippen MR) is 74.6 cm³/mol. The molecule has 0 bridgehead atoms. The van der Waals surface area contributed by atoms with Gasteiger partial charge in [-0.2, -0.15) is 13.2 Å². The van der Waals surface area contributed by atoms with E-state index in [-0.39, 0.29) is 12.1 Å². The summed E-state index contributed by atoms with van der Waals surface area (Å²) < 4.78 is 39.2. The average molecular weight is 286 g/mol. The van der Waals surface area contributed by atoms with Gasteiger partial charge in [-0.25, -0.2) is 0 Å². The minimum absolute atomic E-state index is 0.0906. The Kier molecular flexibility index (Phi) is 4.58. The van der Waals surface area contributed by atoms with Crippen molar-refractivity contribution in [2.45, 2.75) is 38.9 Å². The zero-order chi connectivity index (χ0) is 14.8. The lowest BCUT2D eigenvalue weighted by Crippen LogP contribution is -2.35. The van der Waals surface area contributed by atoms with E-state index in [0.717, 1.165) is 25.9 Å². The predicted octanol–water partition coefficient (Wildman–Crippen LogP) is 3.79. The summed E-state index contributed by atoms with van der Waals surface area (Å²) in [7, 11) is 0.